The SMILES string of the molecule is COc1c(C)c2c(c(NC(=O)C(F)(F)F)c1C/C=C(\C)CCC(=O)OCCC(C)C)C(=O)OC2. The van der Waals surface area contributed by atoms with Crippen molar-refractivity contribution in [1.82, 2.24) is 0 Å². The Morgan fingerprint density at radius 2 is 1.91 bits per heavy atom. The van der Waals surface area contributed by atoms with E-state index in [2.05, 4.69) is 0 Å². The second-order valence-corrected chi connectivity index (χ2v) is 8.55. The quantitative estimate of drug-likeness (QED) is 0.369. The van der Waals surface area contributed by atoms with Gasteiger partial charge in [-0.2, -0.15) is 13.2 Å². The molecule has 0 atom stereocenters. The molecule has 2 rings (SSSR count). The van der Waals surface area contributed by atoms with Crippen molar-refractivity contribution in [2.75, 3.05) is 19.0 Å². The number of rotatable bonds is 10. The Hall–Kier alpha value is -3.04. The van der Waals surface area contributed by atoms with Gasteiger partial charge in [-0.1, -0.05) is 25.5 Å². The van der Waals surface area contributed by atoms with Crippen molar-refractivity contribution < 1.29 is 41.8 Å². The molecule has 1 aromatic rings. The van der Waals surface area contributed by atoms with Gasteiger partial charge in [-0.15, -0.1) is 0 Å². The average Bonchev–Trinajstić information content (AvgIpc) is 3.13. The molecule has 0 aromatic heterocycles. The molecule has 34 heavy (non-hydrogen) atoms. The van der Waals surface area contributed by atoms with Gasteiger partial charge in [0.15, 0.2) is 0 Å². The Balaban J connectivity index is 2.30. The first-order chi connectivity index (χ1) is 15.9. The number of methoxy groups -OCH3 is 1. The van der Waals surface area contributed by atoms with Gasteiger partial charge >= 0.3 is 24.0 Å². The smallest absolute Gasteiger partial charge is 0.471 e. The molecule has 1 aromatic carbocycles. The summed E-state index contributed by atoms with van der Waals surface area (Å²) in [6.07, 6.45) is -2.05. The normalized spacial score (nSPS) is 13.6. The second-order valence-electron chi connectivity index (χ2n) is 8.55. The highest BCUT2D eigenvalue weighted by molar-refractivity contribution is 6.07. The Bertz CT molecular complexity index is 982. The maximum Gasteiger partial charge on any atom is 0.471 e. The third-order valence-corrected chi connectivity index (χ3v) is 5.51. The van der Waals surface area contributed by atoms with Crippen molar-refractivity contribution in [2.45, 2.75) is 66.2 Å². The summed E-state index contributed by atoms with van der Waals surface area (Å²) in [5, 5.41) is 1.84. The number of hydrogen-bond donors (Lipinski definition) is 1. The number of carbonyl (C=O) groups is 3. The van der Waals surface area contributed by atoms with Crippen molar-refractivity contribution in [3.63, 3.8) is 0 Å². The minimum Gasteiger partial charge on any atom is -0.496 e. The third kappa shape index (κ3) is 6.74. The molecule has 0 unspecified atom stereocenters. The van der Waals surface area contributed by atoms with Crippen LogP contribution < -0.4 is 10.1 Å². The molecule has 0 saturated carbocycles. The first kappa shape index (κ1) is 27.2. The van der Waals surface area contributed by atoms with Gasteiger partial charge in [0.2, 0.25) is 0 Å². The van der Waals surface area contributed by atoms with E-state index >= 15 is 0 Å². The summed E-state index contributed by atoms with van der Waals surface area (Å²) in [6.45, 7) is 7.72. The number of allylic oxidation sites excluding steroid dienone is 2. The van der Waals surface area contributed by atoms with Gasteiger partial charge in [0.25, 0.3) is 0 Å². The molecule has 10 heteroatoms. The van der Waals surface area contributed by atoms with Crippen molar-refractivity contribution in [3.05, 3.63) is 33.9 Å². The Labute approximate surface area is 196 Å². The van der Waals surface area contributed by atoms with Crippen LogP contribution in [-0.4, -0.2) is 37.7 Å². The molecular formula is C24H30F3NO6. The Morgan fingerprint density at radius 3 is 2.50 bits per heavy atom. The minimum atomic E-state index is -5.15. The summed E-state index contributed by atoms with van der Waals surface area (Å²) < 4.78 is 54.6. The van der Waals surface area contributed by atoms with E-state index in [0.29, 0.717) is 30.1 Å². The zero-order valence-corrected chi connectivity index (χ0v) is 20.0. The van der Waals surface area contributed by atoms with E-state index < -0.39 is 18.1 Å². The van der Waals surface area contributed by atoms with Crippen LogP contribution in [0.4, 0.5) is 18.9 Å². The van der Waals surface area contributed by atoms with Crippen molar-refractivity contribution >= 4 is 23.5 Å². The molecule has 0 fully saturated rings. The van der Waals surface area contributed by atoms with Crippen LogP contribution in [-0.2, 0) is 32.1 Å². The zero-order valence-electron chi connectivity index (χ0n) is 20.0. The highest BCUT2D eigenvalue weighted by atomic mass is 19.4. The van der Waals surface area contributed by atoms with Crippen LogP contribution in [0, 0.1) is 12.8 Å². The molecule has 188 valence electrons. The molecule has 1 aliphatic heterocycles. The van der Waals surface area contributed by atoms with Crippen LogP contribution in [0.2, 0.25) is 0 Å². The highest BCUT2D eigenvalue weighted by Crippen LogP contribution is 2.42. The molecule has 0 bridgehead atoms. The van der Waals surface area contributed by atoms with Crippen LogP contribution in [0.3, 0.4) is 0 Å². The van der Waals surface area contributed by atoms with Gasteiger partial charge in [-0.25, -0.2) is 4.79 Å². The predicted molar refractivity (Wildman–Crippen MR) is 119 cm³/mol. The van der Waals surface area contributed by atoms with Gasteiger partial charge < -0.3 is 19.5 Å². The number of hydrogen-bond acceptors (Lipinski definition) is 6. The van der Waals surface area contributed by atoms with E-state index in [4.69, 9.17) is 14.2 Å². The Kier molecular flexibility index (Phi) is 9.12. The molecule has 7 nitrogen and oxygen atoms in total. The van der Waals surface area contributed by atoms with E-state index in [-0.39, 0.29) is 48.0 Å². The van der Waals surface area contributed by atoms with Crippen molar-refractivity contribution in [1.29, 1.82) is 0 Å². The van der Waals surface area contributed by atoms with E-state index in [1.165, 1.54) is 7.11 Å². The summed E-state index contributed by atoms with van der Waals surface area (Å²) in [7, 11) is 1.36. The molecule has 1 aliphatic rings. The fraction of sp³-hybridized carbons (Fsp3) is 0.542. The van der Waals surface area contributed by atoms with Crippen LogP contribution in [0.5, 0.6) is 5.75 Å². The Morgan fingerprint density at radius 1 is 1.24 bits per heavy atom. The average molecular weight is 485 g/mol. The molecule has 0 aliphatic carbocycles. The minimum absolute atomic E-state index is 0.0618. The molecular weight excluding hydrogens is 455 g/mol. The van der Waals surface area contributed by atoms with Crippen LogP contribution in [0.1, 0.15) is 67.1 Å². The number of nitrogens with one attached hydrogen (secondary N) is 1. The van der Waals surface area contributed by atoms with Crippen LogP contribution >= 0.6 is 0 Å². The summed E-state index contributed by atoms with van der Waals surface area (Å²) in [5.41, 5.74) is 1.53. The first-order valence-electron chi connectivity index (χ1n) is 11.0. The molecule has 1 heterocycles. The fourth-order valence-electron chi connectivity index (χ4n) is 3.53. The number of amides is 1. The lowest BCUT2D eigenvalue weighted by molar-refractivity contribution is -0.167. The van der Waals surface area contributed by atoms with Crippen LogP contribution in [0.25, 0.3) is 0 Å². The number of fused-ring (bicyclic) bond motifs is 1. The number of anilines is 1. The molecule has 1 N–H and O–H groups in total. The number of carbonyl (C=O) groups excluding carboxylic acids is 3. The van der Waals surface area contributed by atoms with Gasteiger partial charge in [0, 0.05) is 17.5 Å². The molecule has 0 radical (unpaired) electrons. The van der Waals surface area contributed by atoms with E-state index in [1.54, 1.807) is 19.9 Å². The van der Waals surface area contributed by atoms with E-state index in [1.807, 2.05) is 19.2 Å². The standard InChI is InChI=1S/C24H30F3NO6/c1-13(2)10-11-33-18(29)9-7-14(3)6-8-16-20(28-23(31)24(25,26)27)19-17(12-34-22(19)30)15(4)21(16)32-5/h6,13H,7-12H2,1-5H3,(H,28,31)/b14-6+. The highest BCUT2D eigenvalue weighted by Gasteiger charge is 2.41. The maximum atomic E-state index is 13.0. The molecule has 0 saturated heterocycles. The third-order valence-electron chi connectivity index (χ3n) is 5.51. The molecule has 0 spiro atoms. The van der Waals surface area contributed by atoms with Crippen molar-refractivity contribution in [2.24, 2.45) is 5.92 Å². The fourth-order valence-corrected chi connectivity index (χ4v) is 3.53. The largest absolute Gasteiger partial charge is 0.496 e. The van der Waals surface area contributed by atoms with Gasteiger partial charge in [-0.05, 0) is 44.6 Å². The van der Waals surface area contributed by atoms with Gasteiger partial charge in [-0.3, -0.25) is 9.59 Å². The summed E-state index contributed by atoms with van der Waals surface area (Å²) >= 11 is 0. The number of cyclic esters (lactones) is 1. The number of ether oxygens (including phenoxy) is 3. The summed E-state index contributed by atoms with van der Waals surface area (Å²) in [5.74, 6) is -2.67. The lowest BCUT2D eigenvalue weighted by Crippen LogP contribution is -2.31. The number of benzene rings is 1. The first-order valence-corrected chi connectivity index (χ1v) is 11.0. The monoisotopic (exact) mass is 485 g/mol. The van der Waals surface area contributed by atoms with Gasteiger partial charge in [0.1, 0.15) is 12.4 Å². The molecule has 1 amide bonds. The number of halogens is 3. The maximum absolute atomic E-state index is 13.0. The second kappa shape index (κ2) is 11.4. The van der Waals surface area contributed by atoms with E-state index in [9.17, 15) is 27.6 Å². The van der Waals surface area contributed by atoms with E-state index in [0.717, 1.165) is 12.0 Å². The number of esters is 2. The van der Waals surface area contributed by atoms with Crippen molar-refractivity contribution in [3.8, 4) is 5.75 Å². The summed E-state index contributed by atoms with van der Waals surface area (Å²) in [6, 6.07) is 0. The zero-order chi connectivity index (χ0) is 25.6. The topological polar surface area (TPSA) is 90.9 Å². The number of alkyl halides is 3. The predicted octanol–water partition coefficient (Wildman–Crippen LogP) is 5.03. The lowest BCUT2D eigenvalue weighted by Gasteiger charge is -2.20. The van der Waals surface area contributed by atoms with Crippen LogP contribution in [0.15, 0.2) is 11.6 Å². The van der Waals surface area contributed by atoms with Gasteiger partial charge in [0.05, 0.1) is 25.0 Å². The lowest BCUT2D eigenvalue weighted by atomic mass is 9.93. The summed E-state index contributed by atoms with van der Waals surface area (Å²) in [4.78, 5) is 35.9.